The fourth-order valence-electron chi connectivity index (χ4n) is 8.13. The van der Waals surface area contributed by atoms with E-state index in [0.717, 1.165) is 25.7 Å². The van der Waals surface area contributed by atoms with E-state index in [4.69, 9.17) is 0 Å². The highest BCUT2D eigenvalue weighted by Gasteiger charge is 2.24. The van der Waals surface area contributed by atoms with Crippen molar-refractivity contribution in [2.75, 3.05) is 9.80 Å². The molecule has 7 aromatic rings. The summed E-state index contributed by atoms with van der Waals surface area (Å²) in [6.45, 7) is 0. The van der Waals surface area contributed by atoms with Gasteiger partial charge < -0.3 is 9.80 Å². The van der Waals surface area contributed by atoms with Crippen molar-refractivity contribution in [2.24, 2.45) is 0 Å². The maximum atomic E-state index is 2.54. The summed E-state index contributed by atoms with van der Waals surface area (Å²) in [7, 11) is 0. The van der Waals surface area contributed by atoms with Gasteiger partial charge in [0.15, 0.2) is 0 Å². The Morgan fingerprint density at radius 2 is 1.15 bits per heavy atom. The van der Waals surface area contributed by atoms with Gasteiger partial charge in [0.05, 0.1) is 0 Å². The molecule has 232 valence electrons. The molecule has 0 heterocycles. The van der Waals surface area contributed by atoms with Crippen molar-refractivity contribution >= 4 is 50.0 Å². The lowest BCUT2D eigenvalue weighted by Gasteiger charge is -2.35. The van der Waals surface area contributed by atoms with Crippen molar-refractivity contribution in [1.29, 1.82) is 0 Å². The van der Waals surface area contributed by atoms with Gasteiger partial charge >= 0.3 is 0 Å². The van der Waals surface area contributed by atoms with Crippen LogP contribution in [0.1, 0.15) is 31.2 Å². The molecule has 0 N–H and O–H groups in total. The molecule has 0 saturated heterocycles. The van der Waals surface area contributed by atoms with E-state index < -0.39 is 0 Å². The Morgan fingerprint density at radius 3 is 1.81 bits per heavy atom. The highest BCUT2D eigenvalue weighted by atomic mass is 15.2. The zero-order valence-electron chi connectivity index (χ0n) is 27.1. The predicted octanol–water partition coefficient (Wildman–Crippen LogP) is 11.5. The zero-order chi connectivity index (χ0) is 31.9. The van der Waals surface area contributed by atoms with E-state index in [1.807, 2.05) is 0 Å². The topological polar surface area (TPSA) is 6.48 Å². The number of nitrogens with zero attached hydrogens (tertiary/aromatic N) is 2. The molecule has 0 spiro atoms. The molecule has 2 aliphatic rings. The van der Waals surface area contributed by atoms with E-state index in [0.29, 0.717) is 6.04 Å². The number of benzene rings is 7. The second kappa shape index (κ2) is 12.2. The summed E-state index contributed by atoms with van der Waals surface area (Å²) < 4.78 is 0. The third-order valence-corrected chi connectivity index (χ3v) is 10.3. The van der Waals surface area contributed by atoms with Crippen LogP contribution in [0.25, 0.3) is 38.4 Å². The molecule has 2 nitrogen and oxygen atoms in total. The van der Waals surface area contributed by atoms with Crippen LogP contribution < -0.4 is 15.0 Å². The van der Waals surface area contributed by atoms with Crippen molar-refractivity contribution in [1.82, 2.24) is 0 Å². The van der Waals surface area contributed by atoms with Crippen molar-refractivity contribution in [3.63, 3.8) is 0 Å². The van der Waals surface area contributed by atoms with Crippen LogP contribution in [0.5, 0.6) is 0 Å². The molecule has 9 rings (SSSR count). The van der Waals surface area contributed by atoms with Gasteiger partial charge in [0.1, 0.15) is 0 Å². The minimum Gasteiger partial charge on any atom is -0.338 e. The fourth-order valence-corrected chi connectivity index (χ4v) is 8.13. The Kier molecular flexibility index (Phi) is 7.28. The first-order chi connectivity index (χ1) is 23.8. The Morgan fingerprint density at radius 1 is 0.500 bits per heavy atom. The standard InChI is InChI=1S/C46H38N2/c1-5-13-36(14-6-1)47(37-15-7-2-8-16-37)40-27-21-33(22-28-40)41-29-23-34-25-31-43-44(32-26-35-24-30-42(41)45(34)46(35)43)48(38-17-9-3-10-18-38)39-19-11-4-12-20-39/h1-7,9-14,17-25,27-31,37H,8,15-16,26,32H2. The third kappa shape index (κ3) is 4.96. The first-order valence-corrected chi connectivity index (χ1v) is 17.3. The van der Waals surface area contributed by atoms with E-state index in [1.54, 1.807) is 0 Å². The van der Waals surface area contributed by atoms with Crippen LogP contribution in [0.2, 0.25) is 0 Å². The van der Waals surface area contributed by atoms with Gasteiger partial charge in [-0.05, 0) is 119 Å². The molecule has 0 aliphatic heterocycles. The average Bonchev–Trinajstić information content (AvgIpc) is 3.16. The Bertz CT molecular complexity index is 2270. The molecular formula is C46H38N2. The smallest absolute Gasteiger partial charge is 0.0458 e. The van der Waals surface area contributed by atoms with Gasteiger partial charge in [0.2, 0.25) is 0 Å². The van der Waals surface area contributed by atoms with Gasteiger partial charge in [-0.1, -0.05) is 115 Å². The van der Waals surface area contributed by atoms with E-state index in [2.05, 4.69) is 174 Å². The number of anilines is 4. The normalized spacial score (nSPS) is 15.6. The molecule has 2 heteroatoms. The second-order valence-corrected chi connectivity index (χ2v) is 13.1. The highest BCUT2D eigenvalue weighted by molar-refractivity contribution is 6.17. The largest absolute Gasteiger partial charge is 0.338 e. The monoisotopic (exact) mass is 618 g/mol. The minimum atomic E-state index is 0.463. The summed E-state index contributed by atoms with van der Waals surface area (Å²) in [6, 6.07) is 56.4. The molecule has 1 unspecified atom stereocenters. The molecule has 0 aromatic heterocycles. The van der Waals surface area contributed by atoms with Gasteiger partial charge in [-0.15, -0.1) is 0 Å². The number of rotatable bonds is 7. The van der Waals surface area contributed by atoms with Gasteiger partial charge in [-0.3, -0.25) is 0 Å². The summed E-state index contributed by atoms with van der Waals surface area (Å²) in [4.78, 5) is 5.01. The molecule has 7 aromatic carbocycles. The number of hydrogen-bond acceptors (Lipinski definition) is 2. The van der Waals surface area contributed by atoms with Crippen molar-refractivity contribution < 1.29 is 0 Å². The zero-order valence-corrected chi connectivity index (χ0v) is 27.1. The van der Waals surface area contributed by atoms with Crippen LogP contribution in [-0.4, -0.2) is 6.04 Å². The molecule has 0 radical (unpaired) electrons. The SMILES string of the molecule is C1=CCC(N(c2ccccc2)c2ccc(-c3ccc4ccc5c6c(ccc3c46)CCC=5N(c3ccccc3)c3ccccc3)cc2)CC1. The number of aryl methyl sites for hydroxylation is 1. The summed E-state index contributed by atoms with van der Waals surface area (Å²) in [5, 5.41) is 6.76. The summed E-state index contributed by atoms with van der Waals surface area (Å²) in [5.41, 5.74) is 10.3. The molecule has 2 aliphatic carbocycles. The van der Waals surface area contributed by atoms with Crippen LogP contribution in [0, 0.1) is 0 Å². The van der Waals surface area contributed by atoms with E-state index in [-0.39, 0.29) is 0 Å². The van der Waals surface area contributed by atoms with Crippen molar-refractivity contribution in [2.45, 2.75) is 38.1 Å². The summed E-state index contributed by atoms with van der Waals surface area (Å²) in [5.74, 6) is 0. The molecular weight excluding hydrogens is 581 g/mol. The van der Waals surface area contributed by atoms with Crippen molar-refractivity contribution in [3.8, 4) is 11.1 Å². The molecule has 48 heavy (non-hydrogen) atoms. The number of para-hydroxylation sites is 3. The van der Waals surface area contributed by atoms with E-state index in [1.165, 1.54) is 78.3 Å². The van der Waals surface area contributed by atoms with E-state index >= 15 is 0 Å². The van der Waals surface area contributed by atoms with Gasteiger partial charge in [0.25, 0.3) is 0 Å². The first kappa shape index (κ1) is 28.6. The van der Waals surface area contributed by atoms with Gasteiger partial charge in [0, 0.05) is 39.7 Å². The van der Waals surface area contributed by atoms with Crippen molar-refractivity contribution in [3.05, 3.63) is 175 Å². The third-order valence-electron chi connectivity index (χ3n) is 10.3. The highest BCUT2D eigenvalue weighted by Crippen LogP contribution is 2.41. The fraction of sp³-hybridized carbons (Fsp3) is 0.130. The number of allylic oxidation sites excluding steroid dienone is 1. The number of hydrogen-bond donors (Lipinski definition) is 0. The molecule has 0 bridgehead atoms. The Labute approximate surface area is 282 Å². The Balaban J connectivity index is 1.19. The average molecular weight is 619 g/mol. The van der Waals surface area contributed by atoms with Crippen LogP contribution in [-0.2, 0) is 6.42 Å². The summed E-state index contributed by atoms with van der Waals surface area (Å²) >= 11 is 0. The van der Waals surface area contributed by atoms with Crippen LogP contribution >= 0.6 is 0 Å². The molecule has 0 amide bonds. The lowest BCUT2D eigenvalue weighted by molar-refractivity contribution is 0.591. The van der Waals surface area contributed by atoms with Gasteiger partial charge in [-0.2, -0.15) is 0 Å². The maximum Gasteiger partial charge on any atom is 0.0458 e. The quantitative estimate of drug-likeness (QED) is 0.164. The Hall–Kier alpha value is -5.60. The minimum absolute atomic E-state index is 0.463. The first-order valence-electron chi connectivity index (χ1n) is 17.3. The maximum absolute atomic E-state index is 2.54. The molecule has 0 fully saturated rings. The molecule has 0 saturated carbocycles. The van der Waals surface area contributed by atoms with Crippen LogP contribution in [0.3, 0.4) is 0 Å². The van der Waals surface area contributed by atoms with Crippen LogP contribution in [0.4, 0.5) is 22.7 Å². The second-order valence-electron chi connectivity index (χ2n) is 13.1. The lowest BCUT2D eigenvalue weighted by Crippen LogP contribution is -2.31. The summed E-state index contributed by atoms with van der Waals surface area (Å²) in [6.07, 6.45) is 10.1. The molecule has 1 atom stereocenters. The van der Waals surface area contributed by atoms with Crippen LogP contribution in [0.15, 0.2) is 164 Å². The van der Waals surface area contributed by atoms with Gasteiger partial charge in [-0.25, -0.2) is 0 Å². The van der Waals surface area contributed by atoms with E-state index in [9.17, 15) is 0 Å². The lowest BCUT2D eigenvalue weighted by atomic mass is 9.86. The predicted molar refractivity (Wildman–Crippen MR) is 204 cm³/mol.